The molecule has 4 aromatic rings. The zero-order valence-corrected chi connectivity index (χ0v) is 30.1. The van der Waals surface area contributed by atoms with Gasteiger partial charge in [-0.2, -0.15) is 10.2 Å². The molecule has 0 unspecified atom stereocenters. The van der Waals surface area contributed by atoms with Crippen LogP contribution >= 0.6 is 0 Å². The number of methoxy groups -OCH3 is 1. The van der Waals surface area contributed by atoms with Gasteiger partial charge in [-0.05, 0) is 122 Å². The van der Waals surface area contributed by atoms with Gasteiger partial charge in [0.05, 0.1) is 50.5 Å². The summed E-state index contributed by atoms with van der Waals surface area (Å²) >= 11 is 0. The highest BCUT2D eigenvalue weighted by molar-refractivity contribution is 5.98. The highest BCUT2D eigenvalue weighted by atomic mass is 16.5. The van der Waals surface area contributed by atoms with Gasteiger partial charge in [0.25, 0.3) is 0 Å². The Morgan fingerprint density at radius 3 is 1.75 bits per heavy atom. The van der Waals surface area contributed by atoms with Crippen LogP contribution in [0.2, 0.25) is 0 Å². The molecule has 0 aliphatic heterocycles. The van der Waals surface area contributed by atoms with Crippen molar-refractivity contribution in [3.8, 4) is 23.0 Å². The molecule has 0 aliphatic carbocycles. The van der Waals surface area contributed by atoms with E-state index in [1.54, 1.807) is 78.9 Å². The van der Waals surface area contributed by atoms with Crippen molar-refractivity contribution in [1.82, 2.24) is 0 Å². The van der Waals surface area contributed by atoms with Crippen molar-refractivity contribution in [2.75, 3.05) is 26.9 Å². The fourth-order valence-electron chi connectivity index (χ4n) is 4.30. The molecule has 276 valence electrons. The summed E-state index contributed by atoms with van der Waals surface area (Å²) in [7, 11) is 1.23. The van der Waals surface area contributed by atoms with E-state index in [0.717, 1.165) is 6.08 Å². The summed E-state index contributed by atoms with van der Waals surface area (Å²) < 4.78 is 31.8. The second-order valence-corrected chi connectivity index (χ2v) is 10.5. The van der Waals surface area contributed by atoms with E-state index in [-0.39, 0.29) is 16.9 Å². The van der Waals surface area contributed by atoms with Crippen LogP contribution in [-0.4, -0.2) is 63.2 Å². The number of carbonyl (C=O) groups is 4. The van der Waals surface area contributed by atoms with Crippen LogP contribution in [0.4, 0.5) is 0 Å². The van der Waals surface area contributed by atoms with E-state index in [0.29, 0.717) is 66.6 Å². The van der Waals surface area contributed by atoms with Crippen LogP contribution in [0.1, 0.15) is 75.8 Å². The van der Waals surface area contributed by atoms with Crippen molar-refractivity contribution in [1.29, 1.82) is 0 Å². The number of hydrogen-bond donors (Lipinski definition) is 0. The number of benzene rings is 4. The molecule has 0 fully saturated rings. The first kappa shape index (κ1) is 40.9. The number of rotatable bonds is 17. The van der Waals surface area contributed by atoms with Crippen molar-refractivity contribution >= 4 is 36.3 Å². The van der Waals surface area contributed by atoms with Crippen LogP contribution in [-0.2, 0) is 14.3 Å². The molecule has 0 saturated heterocycles. The Kier molecular flexibility index (Phi) is 17.2. The van der Waals surface area contributed by atoms with E-state index in [2.05, 4.69) is 16.8 Å². The zero-order chi connectivity index (χ0) is 38.4. The predicted octanol–water partition coefficient (Wildman–Crippen LogP) is 7.68. The van der Waals surface area contributed by atoms with Gasteiger partial charge in [0.2, 0.25) is 0 Å². The molecule has 0 aliphatic rings. The van der Waals surface area contributed by atoms with Gasteiger partial charge in [0.1, 0.15) is 28.6 Å². The molecule has 4 rings (SSSR count). The molecule has 0 heterocycles. The standard InChI is InChI=1S/C39H36N2O10.C2H6/c1-4-36(42)49-23-7-6-22-48-32-19-13-29(14-20-32)37(43)50-33-15-8-27(9-16-33)25-40-41-26-28-10-21-35(34(24-28)39(45)46-3)51-38(44)30-11-17-31(18-12-30)47-5-2;1-2/h4,8-21,24-26H,1,5-7,22-23H2,2-3H3;1-2H3/b40-25+,41-26+;. The molecule has 0 spiro atoms. The quantitative estimate of drug-likeness (QED) is 0.0265. The maximum atomic E-state index is 12.7. The number of hydrogen-bond acceptors (Lipinski definition) is 12. The molecule has 0 radical (unpaired) electrons. The normalized spacial score (nSPS) is 10.5. The van der Waals surface area contributed by atoms with E-state index in [1.165, 1.54) is 31.7 Å². The molecular formula is C41H42N2O10. The van der Waals surface area contributed by atoms with Crippen LogP contribution in [0.5, 0.6) is 23.0 Å². The molecule has 0 N–H and O–H groups in total. The Bertz CT molecular complexity index is 1870. The number of ether oxygens (including phenoxy) is 6. The lowest BCUT2D eigenvalue weighted by Crippen LogP contribution is -2.12. The van der Waals surface area contributed by atoms with Gasteiger partial charge < -0.3 is 28.4 Å². The summed E-state index contributed by atoms with van der Waals surface area (Å²) in [6.45, 7) is 10.4. The van der Waals surface area contributed by atoms with E-state index in [9.17, 15) is 19.2 Å². The molecular weight excluding hydrogens is 680 g/mol. The Hall–Kier alpha value is -6.56. The first-order chi connectivity index (χ1) is 25.8. The summed E-state index contributed by atoms with van der Waals surface area (Å²) in [5, 5.41) is 8.08. The lowest BCUT2D eigenvalue weighted by atomic mass is 10.1. The van der Waals surface area contributed by atoms with Crippen LogP contribution in [0.25, 0.3) is 0 Å². The zero-order valence-electron chi connectivity index (χ0n) is 30.1. The summed E-state index contributed by atoms with van der Waals surface area (Å²) in [6.07, 6.45) is 5.40. The Morgan fingerprint density at radius 2 is 1.17 bits per heavy atom. The Labute approximate surface area is 308 Å². The van der Waals surface area contributed by atoms with Crippen LogP contribution in [0, 0.1) is 0 Å². The lowest BCUT2D eigenvalue weighted by Gasteiger charge is -2.10. The minimum Gasteiger partial charge on any atom is -0.494 e. The van der Waals surface area contributed by atoms with Crippen molar-refractivity contribution in [3.63, 3.8) is 0 Å². The monoisotopic (exact) mass is 722 g/mol. The molecule has 12 heteroatoms. The van der Waals surface area contributed by atoms with Crippen molar-refractivity contribution in [2.45, 2.75) is 33.6 Å². The fraction of sp³-hybridized carbons (Fsp3) is 0.220. The minimum atomic E-state index is -0.691. The van der Waals surface area contributed by atoms with Gasteiger partial charge in [-0.15, -0.1) is 0 Å². The van der Waals surface area contributed by atoms with Crippen LogP contribution in [0.15, 0.2) is 114 Å². The second kappa shape index (κ2) is 22.3. The minimum absolute atomic E-state index is 0.0298. The van der Waals surface area contributed by atoms with Gasteiger partial charge in [-0.25, -0.2) is 19.2 Å². The van der Waals surface area contributed by atoms with E-state index >= 15 is 0 Å². The van der Waals surface area contributed by atoms with E-state index in [4.69, 9.17) is 28.4 Å². The van der Waals surface area contributed by atoms with Gasteiger partial charge in [-0.1, -0.05) is 20.4 Å². The molecule has 0 amide bonds. The average molecular weight is 723 g/mol. The molecule has 53 heavy (non-hydrogen) atoms. The highest BCUT2D eigenvalue weighted by Crippen LogP contribution is 2.23. The second-order valence-electron chi connectivity index (χ2n) is 10.5. The fourth-order valence-corrected chi connectivity index (χ4v) is 4.30. The average Bonchev–Trinajstić information content (AvgIpc) is 3.19. The van der Waals surface area contributed by atoms with E-state index < -0.39 is 23.9 Å². The first-order valence-electron chi connectivity index (χ1n) is 16.9. The molecule has 4 aromatic carbocycles. The van der Waals surface area contributed by atoms with Crippen molar-refractivity contribution in [3.05, 3.63) is 131 Å². The van der Waals surface area contributed by atoms with Gasteiger partial charge in [0, 0.05) is 6.08 Å². The van der Waals surface area contributed by atoms with E-state index in [1.807, 2.05) is 20.8 Å². The van der Waals surface area contributed by atoms with Crippen molar-refractivity contribution < 1.29 is 47.6 Å². The van der Waals surface area contributed by atoms with Gasteiger partial charge in [0.15, 0.2) is 0 Å². The molecule has 0 atom stereocenters. The lowest BCUT2D eigenvalue weighted by molar-refractivity contribution is -0.137. The first-order valence-corrected chi connectivity index (χ1v) is 16.9. The summed E-state index contributed by atoms with van der Waals surface area (Å²) in [4.78, 5) is 48.8. The molecule has 0 bridgehead atoms. The third kappa shape index (κ3) is 13.6. The third-order valence-corrected chi connectivity index (χ3v) is 6.89. The van der Waals surface area contributed by atoms with Crippen molar-refractivity contribution in [2.24, 2.45) is 10.2 Å². The maximum Gasteiger partial charge on any atom is 0.343 e. The smallest absolute Gasteiger partial charge is 0.343 e. The van der Waals surface area contributed by atoms with Gasteiger partial charge >= 0.3 is 23.9 Å². The molecule has 12 nitrogen and oxygen atoms in total. The molecule has 0 saturated carbocycles. The number of nitrogens with zero attached hydrogens (tertiary/aromatic N) is 2. The number of esters is 4. The van der Waals surface area contributed by atoms with Crippen LogP contribution < -0.4 is 18.9 Å². The number of carbonyl (C=O) groups excluding carboxylic acids is 4. The maximum absolute atomic E-state index is 12.7. The van der Waals surface area contributed by atoms with Gasteiger partial charge in [-0.3, -0.25) is 0 Å². The third-order valence-electron chi connectivity index (χ3n) is 6.89. The highest BCUT2D eigenvalue weighted by Gasteiger charge is 2.18. The predicted molar refractivity (Wildman–Crippen MR) is 201 cm³/mol. The summed E-state index contributed by atoms with van der Waals surface area (Å²) in [6, 6.07) is 24.3. The topological polar surface area (TPSA) is 148 Å². The Morgan fingerprint density at radius 1 is 0.642 bits per heavy atom. The SMILES string of the molecule is C=CC(=O)OCCCCOc1ccc(C(=O)Oc2ccc(/C=N/N=C/c3ccc(OC(=O)c4ccc(OCC)cc4)c(C(=O)OC)c3)cc2)cc1.CC. The summed E-state index contributed by atoms with van der Waals surface area (Å²) in [5.74, 6) is -0.722. The number of unbranched alkanes of at least 4 members (excludes halogenated alkanes) is 1. The molecule has 0 aromatic heterocycles. The summed E-state index contributed by atoms with van der Waals surface area (Å²) in [5.41, 5.74) is 1.88. The van der Waals surface area contributed by atoms with Crippen LogP contribution in [0.3, 0.4) is 0 Å². The Balaban J connectivity index is 0.00000372. The largest absolute Gasteiger partial charge is 0.494 e.